The molecule has 1 aliphatic carbocycles. The van der Waals surface area contributed by atoms with Gasteiger partial charge in [0.05, 0.1) is 11.1 Å². The predicted molar refractivity (Wildman–Crippen MR) is 105 cm³/mol. The third-order valence-corrected chi connectivity index (χ3v) is 4.95. The van der Waals surface area contributed by atoms with Crippen LogP contribution < -0.4 is 9.47 Å². The van der Waals surface area contributed by atoms with Crippen molar-refractivity contribution in [1.82, 2.24) is 4.90 Å². The van der Waals surface area contributed by atoms with Crippen LogP contribution in [-0.2, 0) is 9.59 Å². The molecule has 2 rings (SSSR count). The van der Waals surface area contributed by atoms with E-state index in [0.29, 0.717) is 22.6 Å². The number of rotatable bonds is 6. The van der Waals surface area contributed by atoms with Gasteiger partial charge in [0.1, 0.15) is 0 Å². The number of nitrogens with zero attached hydrogens (tertiary/aromatic N) is 1. The fraction of sp³-hybridized carbons (Fsp3) is 0.500. The van der Waals surface area contributed by atoms with Crippen molar-refractivity contribution in [3.8, 4) is 11.5 Å². The van der Waals surface area contributed by atoms with Gasteiger partial charge in [-0.2, -0.15) is 0 Å². The van der Waals surface area contributed by atoms with Crippen LogP contribution >= 0.6 is 15.9 Å². The first-order valence-electron chi connectivity index (χ1n) is 8.87. The second-order valence-electron chi connectivity index (χ2n) is 6.67. The Labute approximate surface area is 163 Å². The topological polar surface area (TPSA) is 55.8 Å². The minimum Gasteiger partial charge on any atom is -0.490 e. The molecular formula is C20H26BrNO4. The first-order chi connectivity index (χ1) is 12.3. The maximum absolute atomic E-state index is 12.4. The standard InChI is InChI=1S/C20H26BrNO4/c1-5-25-17-11-14(9-15-8-6-7-13(2)19(15)24)10-16(21)20(17)26-12-18(23)22(3)4/h9-11,13H,5-8,12H2,1-4H3/b15-9+/t13-/m1/s1. The Morgan fingerprint density at radius 3 is 2.73 bits per heavy atom. The summed E-state index contributed by atoms with van der Waals surface area (Å²) >= 11 is 3.50. The highest BCUT2D eigenvalue weighted by Crippen LogP contribution is 2.38. The fourth-order valence-corrected chi connectivity index (χ4v) is 3.43. The first-order valence-corrected chi connectivity index (χ1v) is 9.66. The zero-order valence-corrected chi connectivity index (χ0v) is 17.4. The van der Waals surface area contributed by atoms with Gasteiger partial charge in [0.25, 0.3) is 5.91 Å². The number of amides is 1. The molecule has 0 aliphatic heterocycles. The second kappa shape index (κ2) is 9.21. The summed E-state index contributed by atoms with van der Waals surface area (Å²) in [5, 5.41) is 0. The van der Waals surface area contributed by atoms with Gasteiger partial charge in [-0.25, -0.2) is 0 Å². The number of hydrogen-bond donors (Lipinski definition) is 0. The number of allylic oxidation sites excluding steroid dienone is 1. The fourth-order valence-electron chi connectivity index (χ4n) is 2.85. The maximum Gasteiger partial charge on any atom is 0.259 e. The summed E-state index contributed by atoms with van der Waals surface area (Å²) in [5.41, 5.74) is 1.73. The lowest BCUT2D eigenvalue weighted by Gasteiger charge is -2.20. The largest absolute Gasteiger partial charge is 0.490 e. The second-order valence-corrected chi connectivity index (χ2v) is 7.52. The summed E-state index contributed by atoms with van der Waals surface area (Å²) in [6.07, 6.45) is 4.73. The summed E-state index contributed by atoms with van der Waals surface area (Å²) in [5.74, 6) is 1.23. The van der Waals surface area contributed by atoms with Crippen molar-refractivity contribution < 1.29 is 19.1 Å². The molecule has 0 aromatic heterocycles. The number of carbonyl (C=O) groups excluding carboxylic acids is 2. The van der Waals surface area contributed by atoms with E-state index in [9.17, 15) is 9.59 Å². The lowest BCUT2D eigenvalue weighted by Crippen LogP contribution is -2.27. The number of ketones is 1. The number of carbonyl (C=O) groups is 2. The molecule has 1 atom stereocenters. The van der Waals surface area contributed by atoms with Crippen molar-refractivity contribution in [2.24, 2.45) is 5.92 Å². The van der Waals surface area contributed by atoms with Crippen molar-refractivity contribution in [2.75, 3.05) is 27.3 Å². The molecule has 0 radical (unpaired) electrons. The van der Waals surface area contributed by atoms with Crippen LogP contribution in [0.3, 0.4) is 0 Å². The Morgan fingerprint density at radius 1 is 1.35 bits per heavy atom. The van der Waals surface area contributed by atoms with Gasteiger partial charge in [-0.15, -0.1) is 0 Å². The van der Waals surface area contributed by atoms with E-state index in [-0.39, 0.29) is 24.2 Å². The molecule has 1 amide bonds. The van der Waals surface area contributed by atoms with Crippen molar-refractivity contribution in [3.05, 3.63) is 27.7 Å². The SMILES string of the molecule is CCOc1cc(/C=C2\CCC[C@@H](C)C2=O)cc(Br)c1OCC(=O)N(C)C. The molecule has 5 nitrogen and oxygen atoms in total. The normalized spacial score (nSPS) is 18.7. The summed E-state index contributed by atoms with van der Waals surface area (Å²) in [6, 6.07) is 3.74. The van der Waals surface area contributed by atoms with E-state index >= 15 is 0 Å². The molecule has 1 aromatic rings. The van der Waals surface area contributed by atoms with E-state index in [2.05, 4.69) is 15.9 Å². The molecule has 1 aromatic carbocycles. The highest BCUT2D eigenvalue weighted by Gasteiger charge is 2.23. The molecule has 26 heavy (non-hydrogen) atoms. The lowest BCUT2D eigenvalue weighted by atomic mass is 9.84. The quantitative estimate of drug-likeness (QED) is 0.646. The van der Waals surface area contributed by atoms with Crippen molar-refractivity contribution in [2.45, 2.75) is 33.1 Å². The Morgan fingerprint density at radius 2 is 2.08 bits per heavy atom. The van der Waals surface area contributed by atoms with Crippen molar-refractivity contribution in [3.63, 3.8) is 0 Å². The zero-order valence-electron chi connectivity index (χ0n) is 15.8. The molecule has 0 saturated heterocycles. The van der Waals surface area contributed by atoms with E-state index in [1.54, 1.807) is 14.1 Å². The summed E-state index contributed by atoms with van der Waals surface area (Å²) in [4.78, 5) is 25.6. The van der Waals surface area contributed by atoms with Gasteiger partial charge in [-0.05, 0) is 71.5 Å². The van der Waals surface area contributed by atoms with Crippen LogP contribution in [0.25, 0.3) is 6.08 Å². The molecule has 1 aliphatic rings. The van der Waals surface area contributed by atoms with Gasteiger partial charge < -0.3 is 14.4 Å². The Bertz CT molecular complexity index is 712. The van der Waals surface area contributed by atoms with E-state index in [1.165, 1.54) is 4.90 Å². The Kier molecular flexibility index (Phi) is 7.26. The predicted octanol–water partition coefficient (Wildman–Crippen LogP) is 4.09. The van der Waals surface area contributed by atoms with Crippen molar-refractivity contribution in [1.29, 1.82) is 0 Å². The van der Waals surface area contributed by atoms with Gasteiger partial charge >= 0.3 is 0 Å². The van der Waals surface area contributed by atoms with E-state index in [0.717, 1.165) is 30.4 Å². The van der Waals surface area contributed by atoms with E-state index in [1.807, 2.05) is 32.1 Å². The summed E-state index contributed by atoms with van der Waals surface area (Å²) < 4.78 is 12.1. The average molecular weight is 424 g/mol. The van der Waals surface area contributed by atoms with Crippen LogP contribution in [0.15, 0.2) is 22.2 Å². The summed E-state index contributed by atoms with van der Waals surface area (Å²) in [6.45, 7) is 4.28. The Balaban J connectivity index is 2.30. The molecular weight excluding hydrogens is 398 g/mol. The number of ether oxygens (including phenoxy) is 2. The summed E-state index contributed by atoms with van der Waals surface area (Å²) in [7, 11) is 3.36. The van der Waals surface area contributed by atoms with Crippen LogP contribution in [0.2, 0.25) is 0 Å². The molecule has 0 heterocycles. The van der Waals surface area contributed by atoms with E-state index in [4.69, 9.17) is 9.47 Å². The van der Waals surface area contributed by atoms with Gasteiger partial charge in [0.15, 0.2) is 23.9 Å². The van der Waals surface area contributed by atoms with Gasteiger partial charge in [-0.1, -0.05) is 6.92 Å². The number of benzene rings is 1. The molecule has 6 heteroatoms. The lowest BCUT2D eigenvalue weighted by molar-refractivity contribution is -0.130. The number of likely N-dealkylation sites (N-methyl/N-ethyl adjacent to an activating group) is 1. The minimum absolute atomic E-state index is 0.0674. The zero-order chi connectivity index (χ0) is 19.3. The number of halogens is 1. The minimum atomic E-state index is -0.132. The number of hydrogen-bond acceptors (Lipinski definition) is 4. The van der Waals surface area contributed by atoms with Gasteiger partial charge in [0, 0.05) is 20.0 Å². The van der Waals surface area contributed by atoms with E-state index < -0.39 is 0 Å². The van der Waals surface area contributed by atoms with Crippen molar-refractivity contribution >= 4 is 33.7 Å². The Hall–Kier alpha value is -1.82. The monoisotopic (exact) mass is 423 g/mol. The highest BCUT2D eigenvalue weighted by atomic mass is 79.9. The molecule has 0 bridgehead atoms. The van der Waals surface area contributed by atoms with Crippen LogP contribution in [0, 0.1) is 5.92 Å². The molecule has 0 unspecified atom stereocenters. The smallest absolute Gasteiger partial charge is 0.259 e. The average Bonchev–Trinajstić information content (AvgIpc) is 2.58. The van der Waals surface area contributed by atoms with Crippen LogP contribution in [0.4, 0.5) is 0 Å². The van der Waals surface area contributed by atoms with Gasteiger partial charge in [-0.3, -0.25) is 9.59 Å². The maximum atomic E-state index is 12.4. The highest BCUT2D eigenvalue weighted by molar-refractivity contribution is 9.10. The van der Waals surface area contributed by atoms with Crippen LogP contribution in [0.1, 0.15) is 38.7 Å². The molecule has 0 N–H and O–H groups in total. The number of Topliss-reactive ketones (excluding diaryl/α,β-unsaturated/α-hetero) is 1. The molecule has 142 valence electrons. The van der Waals surface area contributed by atoms with Crippen LogP contribution in [-0.4, -0.2) is 43.9 Å². The third-order valence-electron chi connectivity index (χ3n) is 4.36. The van der Waals surface area contributed by atoms with Crippen LogP contribution in [0.5, 0.6) is 11.5 Å². The molecule has 0 spiro atoms. The molecule has 1 saturated carbocycles. The third kappa shape index (κ3) is 5.10. The first kappa shape index (κ1) is 20.5. The molecule has 1 fully saturated rings. The van der Waals surface area contributed by atoms with Gasteiger partial charge in [0.2, 0.25) is 0 Å².